The van der Waals surface area contributed by atoms with Crippen LogP contribution in [-0.2, 0) is 4.79 Å². The molecule has 0 unspecified atom stereocenters. The number of likely N-dealkylation sites (tertiary alicyclic amines) is 1. The number of piperidine rings is 1. The molecular formula is C15H14F5N3O2. The van der Waals surface area contributed by atoms with Crippen LogP contribution in [0.25, 0.3) is 11.0 Å². The van der Waals surface area contributed by atoms with E-state index in [9.17, 15) is 31.5 Å². The number of halogens is 5. The minimum atomic E-state index is -5.92. The van der Waals surface area contributed by atoms with Crippen LogP contribution >= 0.6 is 0 Å². The standard InChI is InChI=1S/C15H14F5N3O2/c16-14(17,15(18,19)20)12(24)22-7-5-9(6-8-22)23-11-4-2-1-3-10(11)21-13(23)25/h1-4,9H,5-8H2,(H,21,25). The van der Waals surface area contributed by atoms with Crippen LogP contribution in [0.4, 0.5) is 22.0 Å². The highest BCUT2D eigenvalue weighted by Crippen LogP contribution is 2.38. The zero-order valence-corrected chi connectivity index (χ0v) is 12.8. The topological polar surface area (TPSA) is 58.1 Å². The molecule has 136 valence electrons. The van der Waals surface area contributed by atoms with Crippen LogP contribution in [-0.4, -0.2) is 45.5 Å². The number of nitrogens with one attached hydrogen (secondary N) is 1. The number of hydrogen-bond donors (Lipinski definition) is 1. The Balaban J connectivity index is 1.77. The van der Waals surface area contributed by atoms with Crippen molar-refractivity contribution in [3.05, 3.63) is 34.7 Å². The quantitative estimate of drug-likeness (QED) is 0.834. The van der Waals surface area contributed by atoms with Gasteiger partial charge in [0, 0.05) is 19.1 Å². The summed E-state index contributed by atoms with van der Waals surface area (Å²) < 4.78 is 64.8. The van der Waals surface area contributed by atoms with Gasteiger partial charge in [0.15, 0.2) is 0 Å². The highest BCUT2D eigenvalue weighted by atomic mass is 19.4. The maximum absolute atomic E-state index is 13.2. The predicted molar refractivity (Wildman–Crippen MR) is 78.4 cm³/mol. The minimum Gasteiger partial charge on any atom is -0.337 e. The zero-order valence-electron chi connectivity index (χ0n) is 12.8. The summed E-state index contributed by atoms with van der Waals surface area (Å²) in [6, 6.07) is 6.50. The third kappa shape index (κ3) is 2.89. The summed E-state index contributed by atoms with van der Waals surface area (Å²) in [6.45, 7) is -0.553. The number of carbonyl (C=O) groups excluding carboxylic acids is 1. The monoisotopic (exact) mass is 363 g/mol. The van der Waals surface area contributed by atoms with Gasteiger partial charge in [-0.05, 0) is 25.0 Å². The molecule has 2 heterocycles. The molecule has 2 aromatic rings. The molecule has 0 bridgehead atoms. The number of rotatable bonds is 2. The lowest BCUT2D eigenvalue weighted by atomic mass is 10.0. The number of aromatic amines is 1. The Morgan fingerprint density at radius 1 is 1.08 bits per heavy atom. The third-order valence-corrected chi connectivity index (χ3v) is 4.37. The van der Waals surface area contributed by atoms with Gasteiger partial charge in [-0.25, -0.2) is 4.79 Å². The van der Waals surface area contributed by atoms with Gasteiger partial charge in [0.05, 0.1) is 11.0 Å². The number of fused-ring (bicyclic) bond motifs is 1. The minimum absolute atomic E-state index is 0.113. The van der Waals surface area contributed by atoms with Crippen molar-refractivity contribution in [1.29, 1.82) is 0 Å². The normalized spacial score (nSPS) is 17.2. The second kappa shape index (κ2) is 5.85. The molecule has 3 rings (SSSR count). The number of nitrogens with zero attached hydrogens (tertiary/aromatic N) is 2. The second-order valence-electron chi connectivity index (χ2n) is 5.91. The molecule has 0 aliphatic carbocycles. The highest BCUT2D eigenvalue weighted by Gasteiger charge is 2.64. The number of carbonyl (C=O) groups is 1. The second-order valence-corrected chi connectivity index (χ2v) is 5.91. The molecule has 1 N–H and O–H groups in total. The van der Waals surface area contributed by atoms with E-state index >= 15 is 0 Å². The average molecular weight is 363 g/mol. The number of para-hydroxylation sites is 2. The average Bonchev–Trinajstić information content (AvgIpc) is 2.89. The third-order valence-electron chi connectivity index (χ3n) is 4.37. The van der Waals surface area contributed by atoms with Crippen molar-refractivity contribution in [2.75, 3.05) is 13.1 Å². The fourth-order valence-corrected chi connectivity index (χ4v) is 3.08. The van der Waals surface area contributed by atoms with Crippen molar-refractivity contribution in [1.82, 2.24) is 14.5 Å². The van der Waals surface area contributed by atoms with Gasteiger partial charge in [0.25, 0.3) is 0 Å². The molecule has 0 radical (unpaired) electrons. The van der Waals surface area contributed by atoms with Crippen molar-refractivity contribution >= 4 is 16.9 Å². The Labute approximate surface area is 138 Å². The molecular weight excluding hydrogens is 349 g/mol. The van der Waals surface area contributed by atoms with E-state index in [4.69, 9.17) is 0 Å². The summed E-state index contributed by atoms with van der Waals surface area (Å²) in [5.41, 5.74) is 0.846. The summed E-state index contributed by atoms with van der Waals surface area (Å²) in [5, 5.41) is 0. The summed E-state index contributed by atoms with van der Waals surface area (Å²) in [6.07, 6.45) is -5.70. The van der Waals surface area contributed by atoms with Gasteiger partial charge in [-0.1, -0.05) is 12.1 Å². The summed E-state index contributed by atoms with van der Waals surface area (Å²) >= 11 is 0. The molecule has 0 spiro atoms. The SMILES string of the molecule is O=C(N1CCC(n2c(=O)[nH]c3ccccc32)CC1)C(F)(F)C(F)(F)F. The van der Waals surface area contributed by atoms with E-state index in [0.29, 0.717) is 15.9 Å². The largest absolute Gasteiger partial charge is 0.463 e. The molecule has 1 fully saturated rings. The first-order valence-corrected chi connectivity index (χ1v) is 7.56. The Hall–Kier alpha value is -2.39. The molecule has 0 saturated carbocycles. The van der Waals surface area contributed by atoms with Crippen molar-refractivity contribution in [3.63, 3.8) is 0 Å². The van der Waals surface area contributed by atoms with Crippen LogP contribution in [0.3, 0.4) is 0 Å². The predicted octanol–water partition coefficient (Wildman–Crippen LogP) is 2.69. The smallest absolute Gasteiger partial charge is 0.337 e. The Morgan fingerprint density at radius 2 is 1.68 bits per heavy atom. The molecule has 1 aliphatic rings. The van der Waals surface area contributed by atoms with Crippen LogP contribution in [0.15, 0.2) is 29.1 Å². The first kappa shape index (κ1) is 17.4. The molecule has 10 heteroatoms. The number of amides is 1. The Morgan fingerprint density at radius 3 is 2.28 bits per heavy atom. The fraction of sp³-hybridized carbons (Fsp3) is 0.467. The number of benzene rings is 1. The summed E-state index contributed by atoms with van der Waals surface area (Å²) in [5.74, 6) is -7.65. The number of aromatic nitrogens is 2. The van der Waals surface area contributed by atoms with E-state index in [1.807, 2.05) is 0 Å². The van der Waals surface area contributed by atoms with Crippen molar-refractivity contribution in [2.45, 2.75) is 31.0 Å². The Bertz CT molecular complexity index is 847. The molecule has 1 aromatic carbocycles. The number of hydrogen-bond acceptors (Lipinski definition) is 2. The maximum atomic E-state index is 13.2. The molecule has 1 amide bonds. The zero-order chi connectivity index (χ0) is 18.4. The van der Waals surface area contributed by atoms with E-state index in [0.717, 1.165) is 0 Å². The molecule has 0 atom stereocenters. The number of imidazole rings is 1. The van der Waals surface area contributed by atoms with Gasteiger partial charge in [-0.3, -0.25) is 9.36 Å². The number of alkyl halides is 5. The van der Waals surface area contributed by atoms with Crippen LogP contribution in [0.5, 0.6) is 0 Å². The lowest BCUT2D eigenvalue weighted by Gasteiger charge is -2.34. The maximum Gasteiger partial charge on any atom is 0.463 e. The lowest BCUT2D eigenvalue weighted by molar-refractivity contribution is -0.274. The van der Waals surface area contributed by atoms with Crippen molar-refractivity contribution in [2.24, 2.45) is 0 Å². The van der Waals surface area contributed by atoms with Crippen LogP contribution in [0.1, 0.15) is 18.9 Å². The lowest BCUT2D eigenvalue weighted by Crippen LogP contribution is -2.54. The van der Waals surface area contributed by atoms with Gasteiger partial charge >= 0.3 is 23.7 Å². The molecule has 1 aromatic heterocycles. The fourth-order valence-electron chi connectivity index (χ4n) is 3.08. The van der Waals surface area contributed by atoms with E-state index in [1.54, 1.807) is 24.3 Å². The van der Waals surface area contributed by atoms with Gasteiger partial charge in [-0.15, -0.1) is 0 Å². The van der Waals surface area contributed by atoms with E-state index in [-0.39, 0.29) is 37.7 Å². The van der Waals surface area contributed by atoms with Gasteiger partial charge in [0.2, 0.25) is 0 Å². The van der Waals surface area contributed by atoms with Gasteiger partial charge < -0.3 is 9.88 Å². The highest BCUT2D eigenvalue weighted by molar-refractivity contribution is 5.84. The first-order chi connectivity index (χ1) is 11.6. The van der Waals surface area contributed by atoms with Crippen LogP contribution < -0.4 is 5.69 Å². The van der Waals surface area contributed by atoms with Gasteiger partial charge in [0.1, 0.15) is 0 Å². The van der Waals surface area contributed by atoms with Crippen molar-refractivity contribution in [3.8, 4) is 0 Å². The van der Waals surface area contributed by atoms with Crippen molar-refractivity contribution < 1.29 is 26.7 Å². The molecule has 1 saturated heterocycles. The number of H-pyrrole nitrogens is 1. The molecule has 25 heavy (non-hydrogen) atoms. The first-order valence-electron chi connectivity index (χ1n) is 7.56. The van der Waals surface area contributed by atoms with Gasteiger partial charge in [-0.2, -0.15) is 22.0 Å². The van der Waals surface area contributed by atoms with E-state index in [2.05, 4.69) is 4.98 Å². The van der Waals surface area contributed by atoms with Crippen LogP contribution in [0.2, 0.25) is 0 Å². The Kier molecular flexibility index (Phi) is 4.08. The summed E-state index contributed by atoms with van der Waals surface area (Å²) in [4.78, 5) is 26.8. The summed E-state index contributed by atoms with van der Waals surface area (Å²) in [7, 11) is 0. The molecule has 1 aliphatic heterocycles. The molecule has 5 nitrogen and oxygen atoms in total. The van der Waals surface area contributed by atoms with Crippen LogP contribution in [0, 0.1) is 0 Å². The van der Waals surface area contributed by atoms with E-state index in [1.165, 1.54) is 4.57 Å². The van der Waals surface area contributed by atoms with E-state index < -0.39 is 18.0 Å².